The van der Waals surface area contributed by atoms with E-state index < -0.39 is 60.2 Å². The van der Waals surface area contributed by atoms with Gasteiger partial charge in [0, 0.05) is 23.7 Å². The summed E-state index contributed by atoms with van der Waals surface area (Å²) < 4.78 is 41.2. The Morgan fingerprint density at radius 2 is 1.77 bits per heavy atom. The number of hydrogen-bond acceptors (Lipinski definition) is 11. The molecule has 1 unspecified atom stereocenters. The van der Waals surface area contributed by atoms with Crippen LogP contribution in [0.25, 0.3) is 0 Å². The number of imide groups is 2. The van der Waals surface area contributed by atoms with Gasteiger partial charge >= 0.3 is 6.03 Å². The van der Waals surface area contributed by atoms with Crippen LogP contribution in [-0.2, 0) is 21.6 Å². The van der Waals surface area contributed by atoms with E-state index in [-0.39, 0.29) is 52.6 Å². The van der Waals surface area contributed by atoms with Crippen LogP contribution in [0.3, 0.4) is 0 Å². The number of benzene rings is 3. The molecule has 18 heteroatoms. The van der Waals surface area contributed by atoms with E-state index in [2.05, 4.69) is 20.6 Å². The van der Waals surface area contributed by atoms with Gasteiger partial charge in [0.05, 0.1) is 34.0 Å². The lowest BCUT2D eigenvalue weighted by atomic mass is 9.77. The van der Waals surface area contributed by atoms with Crippen LogP contribution < -0.4 is 25.4 Å². The predicted molar refractivity (Wildman–Crippen MR) is 203 cm³/mol. The fourth-order valence-corrected chi connectivity index (χ4v) is 6.84. The fourth-order valence-electron chi connectivity index (χ4n) is 6.19. The van der Waals surface area contributed by atoms with Crippen molar-refractivity contribution in [2.75, 3.05) is 24.7 Å². The predicted octanol–water partition coefficient (Wildman–Crippen LogP) is 5.87. The number of nitrogens with one attached hydrogen (secondary N) is 3. The maximum atomic E-state index is 15.0. The van der Waals surface area contributed by atoms with Crippen LogP contribution in [0.2, 0.25) is 5.02 Å². The van der Waals surface area contributed by atoms with Crippen molar-refractivity contribution in [3.05, 3.63) is 105 Å². The van der Waals surface area contributed by atoms with Crippen molar-refractivity contribution in [3.63, 3.8) is 0 Å². The first-order chi connectivity index (χ1) is 27.1. The van der Waals surface area contributed by atoms with Crippen LogP contribution >= 0.6 is 23.4 Å². The second-order valence-electron chi connectivity index (χ2n) is 13.6. The molecular weight excluding hydrogens is 784 g/mol. The lowest BCUT2D eigenvalue weighted by molar-refractivity contribution is -0.136. The summed E-state index contributed by atoms with van der Waals surface area (Å²) in [6.07, 6.45) is 3.47. The van der Waals surface area contributed by atoms with E-state index in [1.54, 1.807) is 18.3 Å². The van der Waals surface area contributed by atoms with Crippen LogP contribution in [0, 0.1) is 11.3 Å². The van der Waals surface area contributed by atoms with Crippen molar-refractivity contribution in [2.24, 2.45) is 0 Å². The zero-order valence-electron chi connectivity index (χ0n) is 30.7. The summed E-state index contributed by atoms with van der Waals surface area (Å²) >= 11 is 7.94. The standard InChI is InChI=1S/C39H34ClF2N7O7S/c1-38(2,22-4-7-26(8-5-22)55-18-25-12-13-44-37(47-25)57-3)23-14-21(17-43)32(29(40)15-23)56-20-39(41,42)19-45-36(54)46-24-6-9-27-28(16-24)35(53)49(34(27)52)30-10-11-31(50)48-33(30)51/h4-9,12-16,30H,10-11,18-20H2,1-3H3,(H2,45,46,54)(H,48,50,51). The highest BCUT2D eigenvalue weighted by atomic mass is 35.5. The van der Waals surface area contributed by atoms with E-state index in [0.717, 1.165) is 16.2 Å². The molecule has 0 saturated carbocycles. The SMILES string of the molecule is CSc1nccc(COc2ccc(C(C)(C)c3cc(Cl)c(OCC(F)(F)CNC(=O)Nc4ccc5c(c4)C(=O)N(C4CCC(=O)NC4=O)C5=O)c(C#N)c3)cc2)n1. The minimum atomic E-state index is -3.62. The molecule has 1 saturated heterocycles. The van der Waals surface area contributed by atoms with E-state index in [9.17, 15) is 38.0 Å². The van der Waals surface area contributed by atoms with Crippen LogP contribution in [-0.4, -0.2) is 75.9 Å². The summed E-state index contributed by atoms with van der Waals surface area (Å²) in [5.41, 5.74) is 1.36. The van der Waals surface area contributed by atoms with E-state index in [1.165, 1.54) is 36.0 Å². The Bertz CT molecular complexity index is 2320. The smallest absolute Gasteiger partial charge is 0.319 e. The lowest BCUT2D eigenvalue weighted by Gasteiger charge is -2.27. The van der Waals surface area contributed by atoms with Gasteiger partial charge in [-0.2, -0.15) is 5.26 Å². The Morgan fingerprint density at radius 1 is 1.04 bits per heavy atom. The molecule has 0 aliphatic carbocycles. The second-order valence-corrected chi connectivity index (χ2v) is 14.8. The summed E-state index contributed by atoms with van der Waals surface area (Å²) in [5.74, 6) is -6.09. The number of hydrogen-bond donors (Lipinski definition) is 3. The highest BCUT2D eigenvalue weighted by Crippen LogP contribution is 2.39. The number of alkyl halides is 2. The summed E-state index contributed by atoms with van der Waals surface area (Å²) in [7, 11) is 0. The molecule has 1 fully saturated rings. The Morgan fingerprint density at radius 3 is 2.47 bits per heavy atom. The zero-order valence-corrected chi connectivity index (χ0v) is 32.2. The number of thioether (sulfide) groups is 1. The minimum Gasteiger partial charge on any atom is -0.487 e. The highest BCUT2D eigenvalue weighted by molar-refractivity contribution is 7.98. The van der Waals surface area contributed by atoms with Gasteiger partial charge in [0.1, 0.15) is 24.5 Å². The second kappa shape index (κ2) is 16.5. The van der Waals surface area contributed by atoms with Crippen LogP contribution in [0.15, 0.2) is 72.0 Å². The van der Waals surface area contributed by atoms with Crippen LogP contribution in [0.5, 0.6) is 11.5 Å². The third kappa shape index (κ3) is 8.97. The van der Waals surface area contributed by atoms with Gasteiger partial charge in [0.25, 0.3) is 17.7 Å². The third-order valence-electron chi connectivity index (χ3n) is 9.36. The van der Waals surface area contributed by atoms with Gasteiger partial charge in [0.15, 0.2) is 17.5 Å². The first kappa shape index (κ1) is 40.5. The largest absolute Gasteiger partial charge is 0.487 e. The maximum absolute atomic E-state index is 15.0. The molecule has 1 atom stereocenters. The monoisotopic (exact) mass is 817 g/mol. The molecule has 6 amide bonds. The summed E-state index contributed by atoms with van der Waals surface area (Å²) in [6, 6.07) is 15.7. The van der Waals surface area contributed by atoms with Gasteiger partial charge in [-0.05, 0) is 72.3 Å². The fraction of sp³-hybridized carbons (Fsp3) is 0.282. The summed E-state index contributed by atoms with van der Waals surface area (Å²) in [4.78, 5) is 71.7. The Kier molecular flexibility index (Phi) is 11.8. The minimum absolute atomic E-state index is 0.0122. The summed E-state index contributed by atoms with van der Waals surface area (Å²) in [6.45, 7) is 1.68. The Balaban J connectivity index is 1.04. The molecule has 0 bridgehead atoms. The van der Waals surface area contributed by atoms with Crippen molar-refractivity contribution < 1.29 is 42.2 Å². The molecule has 0 radical (unpaired) electrons. The molecule has 6 rings (SSSR count). The number of anilines is 1. The number of carbonyl (C=O) groups excluding carboxylic acids is 5. The Hall–Kier alpha value is -6.12. The molecule has 2 aliphatic heterocycles. The van der Waals surface area contributed by atoms with Gasteiger partial charge in [-0.15, -0.1) is 0 Å². The number of amides is 6. The molecule has 3 aromatic carbocycles. The topological polar surface area (TPSA) is 193 Å². The molecule has 294 valence electrons. The molecule has 2 aliphatic rings. The number of ether oxygens (including phenoxy) is 2. The molecule has 4 aromatic rings. The Labute approximate surface area is 334 Å². The van der Waals surface area contributed by atoms with E-state index in [0.29, 0.717) is 16.5 Å². The van der Waals surface area contributed by atoms with Crippen LogP contribution in [0.4, 0.5) is 19.3 Å². The van der Waals surface area contributed by atoms with Crippen molar-refractivity contribution >= 4 is 58.7 Å². The average molecular weight is 818 g/mol. The molecule has 14 nitrogen and oxygen atoms in total. The van der Waals surface area contributed by atoms with Crippen molar-refractivity contribution in [2.45, 2.75) is 55.8 Å². The number of fused-ring (bicyclic) bond motifs is 1. The maximum Gasteiger partial charge on any atom is 0.319 e. The first-order valence-corrected chi connectivity index (χ1v) is 18.9. The number of piperidine rings is 1. The molecule has 1 aromatic heterocycles. The molecule has 57 heavy (non-hydrogen) atoms. The number of rotatable bonds is 13. The first-order valence-electron chi connectivity index (χ1n) is 17.3. The number of aromatic nitrogens is 2. The molecule has 3 N–H and O–H groups in total. The van der Waals surface area contributed by atoms with Crippen molar-refractivity contribution in [3.8, 4) is 17.6 Å². The quantitative estimate of drug-likeness (QED) is 0.0831. The normalized spacial score (nSPS) is 15.5. The third-order valence-corrected chi connectivity index (χ3v) is 10.2. The zero-order chi connectivity index (χ0) is 41.1. The molecule has 3 heterocycles. The van der Waals surface area contributed by atoms with E-state index >= 15 is 0 Å². The lowest BCUT2D eigenvalue weighted by Crippen LogP contribution is -2.54. The van der Waals surface area contributed by atoms with E-state index in [4.69, 9.17) is 21.1 Å². The highest BCUT2D eigenvalue weighted by Gasteiger charge is 2.44. The molecule has 0 spiro atoms. The van der Waals surface area contributed by atoms with Crippen molar-refractivity contribution in [1.29, 1.82) is 5.26 Å². The number of nitriles is 1. The van der Waals surface area contributed by atoms with Gasteiger partial charge in [-0.3, -0.25) is 29.4 Å². The van der Waals surface area contributed by atoms with Gasteiger partial charge in [0.2, 0.25) is 11.8 Å². The van der Waals surface area contributed by atoms with Gasteiger partial charge < -0.3 is 20.1 Å². The van der Waals surface area contributed by atoms with E-state index in [1.807, 2.05) is 55.8 Å². The van der Waals surface area contributed by atoms with Gasteiger partial charge in [-0.25, -0.2) is 23.5 Å². The average Bonchev–Trinajstić information content (AvgIpc) is 3.43. The number of halogens is 3. The van der Waals surface area contributed by atoms with Crippen molar-refractivity contribution in [1.82, 2.24) is 25.5 Å². The van der Waals surface area contributed by atoms with Gasteiger partial charge in [-0.1, -0.05) is 49.3 Å². The molecular formula is C39H34ClF2N7O7S. The summed E-state index contributed by atoms with van der Waals surface area (Å²) in [5, 5.41) is 17.0. The van der Waals surface area contributed by atoms with Crippen LogP contribution in [0.1, 0.15) is 69.8 Å². The number of urea groups is 1. The number of carbonyl (C=O) groups is 5. The number of nitrogens with zero attached hydrogens (tertiary/aromatic N) is 4.